The number of ether oxygens (including phenoxy) is 1. The Morgan fingerprint density at radius 3 is 2.39 bits per heavy atom. The van der Waals surface area contributed by atoms with Crippen molar-refractivity contribution in [3.05, 3.63) is 88.9 Å². The van der Waals surface area contributed by atoms with Crippen LogP contribution in [0.5, 0.6) is 5.88 Å². The molecular weight excluding hydrogens is 760 g/mol. The quantitative estimate of drug-likeness (QED) is 0.120. The largest absolute Gasteiger partial charge is 0.478 e. The van der Waals surface area contributed by atoms with E-state index in [-0.39, 0.29) is 65.4 Å². The molecule has 3 atom stereocenters. The summed E-state index contributed by atoms with van der Waals surface area (Å²) in [5, 5.41) is 13.2. The lowest BCUT2D eigenvalue weighted by molar-refractivity contribution is -0.162. The van der Waals surface area contributed by atoms with Crippen molar-refractivity contribution in [1.29, 1.82) is 0 Å². The number of hydrogen-bond donors (Lipinski definition) is 3. The molecule has 3 aliphatic rings. The molecule has 16 heteroatoms. The van der Waals surface area contributed by atoms with Gasteiger partial charge in [-0.2, -0.15) is 18.2 Å². The molecule has 57 heavy (non-hydrogen) atoms. The van der Waals surface area contributed by atoms with Crippen LogP contribution < -0.4 is 14.8 Å². The molecule has 3 fully saturated rings. The number of alkyl halides is 3. The van der Waals surface area contributed by atoms with Crippen LogP contribution in [0.2, 0.25) is 0 Å². The van der Waals surface area contributed by atoms with Gasteiger partial charge in [-0.3, -0.25) is 4.98 Å². The van der Waals surface area contributed by atoms with Gasteiger partial charge in [0.15, 0.2) is 5.65 Å². The Morgan fingerprint density at radius 1 is 1.00 bits per heavy atom. The van der Waals surface area contributed by atoms with Gasteiger partial charge in [-0.15, -0.1) is 0 Å². The van der Waals surface area contributed by atoms with Crippen molar-refractivity contribution in [2.45, 2.75) is 93.8 Å². The zero-order chi connectivity index (χ0) is 40.3. The van der Waals surface area contributed by atoms with E-state index in [1.54, 1.807) is 23.9 Å². The molecule has 2 aliphatic carbocycles. The minimum atomic E-state index is -4.35. The van der Waals surface area contributed by atoms with Crippen LogP contribution in [0.1, 0.15) is 90.3 Å². The molecule has 12 nitrogen and oxygen atoms in total. The Bertz CT molecular complexity index is 2440. The fourth-order valence-corrected chi connectivity index (χ4v) is 9.62. The summed E-state index contributed by atoms with van der Waals surface area (Å²) in [7, 11) is -2.68. The molecule has 1 saturated heterocycles. The van der Waals surface area contributed by atoms with E-state index in [1.165, 1.54) is 24.3 Å². The summed E-state index contributed by atoms with van der Waals surface area (Å²) in [6.07, 6.45) is 3.36. The molecule has 5 aromatic rings. The zero-order valence-corrected chi connectivity index (χ0v) is 32.6. The van der Waals surface area contributed by atoms with Crippen LogP contribution in [0.3, 0.4) is 0 Å². The van der Waals surface area contributed by atoms with Crippen LogP contribution in [0.4, 0.5) is 19.1 Å². The van der Waals surface area contributed by atoms with E-state index >= 15 is 0 Å². The molecule has 0 radical (unpaired) electrons. The average molecular weight is 804 g/mol. The second-order valence-corrected chi connectivity index (χ2v) is 17.4. The fraction of sp³-hybridized carbons (Fsp3) is 0.439. The number of benzene rings is 2. The van der Waals surface area contributed by atoms with E-state index in [2.05, 4.69) is 25.0 Å². The first kappa shape index (κ1) is 38.8. The molecular formula is C41H44F3N7O5S. The molecule has 0 spiro atoms. The number of aromatic carboxylic acids is 1. The van der Waals surface area contributed by atoms with Crippen molar-refractivity contribution in [2.75, 3.05) is 11.3 Å². The second-order valence-electron chi connectivity index (χ2n) is 15.7. The van der Waals surface area contributed by atoms with E-state index in [0.29, 0.717) is 28.5 Å². The maximum Gasteiger partial charge on any atom is 0.399 e. The number of rotatable bonds is 11. The smallest absolute Gasteiger partial charge is 0.399 e. The number of carboxylic acids is 1. The topological polar surface area (TPSA) is 161 Å². The number of hydrogen-bond acceptors (Lipinski definition) is 9. The highest BCUT2D eigenvalue weighted by Gasteiger charge is 2.65. The predicted molar refractivity (Wildman–Crippen MR) is 206 cm³/mol. The van der Waals surface area contributed by atoms with Crippen molar-refractivity contribution >= 4 is 33.1 Å². The van der Waals surface area contributed by atoms with Gasteiger partial charge in [-0.1, -0.05) is 49.9 Å². The van der Waals surface area contributed by atoms with Crippen molar-refractivity contribution in [3.63, 3.8) is 0 Å². The SMILES string of the molecule is Cc1cccc(C)c1-c1cc(OC[C@H]2N[C@@H](c3cnc4cc(C5(C(F)(F)F)CC5)n(C)c4n3)CCC[C@@H]2C2CCC2)nc(NS(=O)(=O)c2cccc(C(=O)O)c2)n1. The number of sulfonamides is 1. The summed E-state index contributed by atoms with van der Waals surface area (Å²) in [6, 6.07) is 13.6. The van der Waals surface area contributed by atoms with Gasteiger partial charge in [-0.25, -0.2) is 27.9 Å². The molecule has 0 bridgehead atoms. The van der Waals surface area contributed by atoms with Gasteiger partial charge in [0.25, 0.3) is 10.0 Å². The van der Waals surface area contributed by atoms with Crippen LogP contribution in [0, 0.1) is 25.7 Å². The van der Waals surface area contributed by atoms with Crippen molar-refractivity contribution in [3.8, 4) is 17.1 Å². The highest BCUT2D eigenvalue weighted by molar-refractivity contribution is 7.92. The van der Waals surface area contributed by atoms with Gasteiger partial charge in [0.1, 0.15) is 17.5 Å². The lowest BCUT2D eigenvalue weighted by atomic mass is 9.71. The first-order valence-electron chi connectivity index (χ1n) is 19.2. The third-order valence-corrected chi connectivity index (χ3v) is 13.4. The Kier molecular flexibility index (Phi) is 9.99. The van der Waals surface area contributed by atoms with Crippen LogP contribution in [-0.2, 0) is 22.5 Å². The summed E-state index contributed by atoms with van der Waals surface area (Å²) in [5.74, 6) is -0.601. The Morgan fingerprint density at radius 2 is 1.72 bits per heavy atom. The van der Waals surface area contributed by atoms with Gasteiger partial charge >= 0.3 is 12.1 Å². The van der Waals surface area contributed by atoms with Crippen LogP contribution in [0.15, 0.2) is 65.7 Å². The first-order chi connectivity index (χ1) is 27.1. The van der Waals surface area contributed by atoms with Gasteiger partial charge in [0.05, 0.1) is 34.1 Å². The molecule has 3 N–H and O–H groups in total. The van der Waals surface area contributed by atoms with Gasteiger partial charge < -0.3 is 19.7 Å². The molecule has 2 aromatic carbocycles. The Labute approximate surface area is 328 Å². The van der Waals surface area contributed by atoms with Crippen LogP contribution >= 0.6 is 0 Å². The van der Waals surface area contributed by atoms with E-state index in [9.17, 15) is 31.5 Å². The molecule has 4 heterocycles. The Balaban J connectivity index is 1.10. The van der Waals surface area contributed by atoms with Gasteiger partial charge in [0.2, 0.25) is 11.8 Å². The van der Waals surface area contributed by atoms with E-state index in [1.807, 2.05) is 32.0 Å². The number of halogens is 3. The molecule has 0 unspecified atom stereocenters. The molecule has 1 aliphatic heterocycles. The van der Waals surface area contributed by atoms with Crippen LogP contribution in [-0.4, -0.2) is 62.8 Å². The van der Waals surface area contributed by atoms with Gasteiger partial charge in [-0.05, 0) is 86.8 Å². The molecule has 2 saturated carbocycles. The number of aromatic nitrogens is 5. The number of carbonyl (C=O) groups is 1. The van der Waals surface area contributed by atoms with Crippen molar-refractivity contribution in [1.82, 2.24) is 29.8 Å². The monoisotopic (exact) mass is 803 g/mol. The number of nitrogens with zero attached hydrogens (tertiary/aromatic N) is 5. The number of anilines is 1. The standard InChI is InChI=1S/C41H44F3N7O5S/c1-23-8-4-9-24(2)36(23)30-20-35(49-39(48-30)50-57(54,55)27-13-6-12-26(18-27)38(52)53)56-22-33-28(25-10-5-11-25)14-7-15-29(46-33)32-21-45-31-19-34(51(3)37(31)47-32)40(16-17-40)41(42,43)44/h4,6,8-9,12-13,18-21,25,28-29,33,46H,5,7,10-11,14-17,22H2,1-3H3,(H,52,53)(H,48,49,50)/t28-,29-,33-/m1/s1. The Hall–Kier alpha value is -5.09. The number of aryl methyl sites for hydroxylation is 3. The van der Waals surface area contributed by atoms with Crippen LogP contribution in [0.25, 0.3) is 22.4 Å². The fourth-order valence-electron chi connectivity index (χ4n) is 8.63. The highest BCUT2D eigenvalue weighted by atomic mass is 32.2. The lowest BCUT2D eigenvalue weighted by Crippen LogP contribution is -2.45. The minimum absolute atomic E-state index is 0.0500. The maximum absolute atomic E-state index is 14.1. The average Bonchev–Trinajstić information content (AvgIpc) is 3.93. The summed E-state index contributed by atoms with van der Waals surface area (Å²) < 4.78 is 79.8. The van der Waals surface area contributed by atoms with Crippen molar-refractivity contribution < 1.29 is 36.2 Å². The highest BCUT2D eigenvalue weighted by Crippen LogP contribution is 2.59. The van der Waals surface area contributed by atoms with Gasteiger partial charge in [0, 0.05) is 30.4 Å². The second kappa shape index (κ2) is 14.7. The number of carboxylic acid groups (broad SMARTS) is 1. The summed E-state index contributed by atoms with van der Waals surface area (Å²) in [5.41, 5.74) is 2.70. The first-order valence-corrected chi connectivity index (χ1v) is 20.7. The van der Waals surface area contributed by atoms with E-state index in [4.69, 9.17) is 9.72 Å². The number of nitrogens with one attached hydrogen (secondary N) is 2. The summed E-state index contributed by atoms with van der Waals surface area (Å²) >= 11 is 0. The third-order valence-electron chi connectivity index (χ3n) is 12.1. The van der Waals surface area contributed by atoms with E-state index in [0.717, 1.165) is 61.3 Å². The zero-order valence-electron chi connectivity index (χ0n) is 31.8. The van der Waals surface area contributed by atoms with Crippen molar-refractivity contribution in [2.24, 2.45) is 18.9 Å². The third kappa shape index (κ3) is 7.44. The normalized spacial score (nSPS) is 21.1. The lowest BCUT2D eigenvalue weighted by Gasteiger charge is -2.38. The predicted octanol–water partition coefficient (Wildman–Crippen LogP) is 7.81. The maximum atomic E-state index is 14.1. The summed E-state index contributed by atoms with van der Waals surface area (Å²) in [4.78, 5) is 29.9. The summed E-state index contributed by atoms with van der Waals surface area (Å²) in [6.45, 7) is 4.05. The molecule has 0 amide bonds. The molecule has 300 valence electrons. The molecule has 3 aromatic heterocycles. The minimum Gasteiger partial charge on any atom is -0.478 e. The molecule has 8 rings (SSSR count). The number of fused-ring (bicyclic) bond motifs is 1. The van der Waals surface area contributed by atoms with E-state index < -0.39 is 27.6 Å².